The molecule has 0 saturated carbocycles. The van der Waals surface area contributed by atoms with Crippen LogP contribution in [0.25, 0.3) is 0 Å². The first kappa shape index (κ1) is 12.7. The van der Waals surface area contributed by atoms with Crippen molar-refractivity contribution in [3.63, 3.8) is 0 Å². The summed E-state index contributed by atoms with van der Waals surface area (Å²) in [5.41, 5.74) is 2.35. The molecule has 2 rings (SSSR count). The highest BCUT2D eigenvalue weighted by Gasteiger charge is 2.08. The Labute approximate surface area is 108 Å². The number of rotatable bonds is 5. The van der Waals surface area contributed by atoms with Crippen molar-refractivity contribution in [3.8, 4) is 0 Å². The Bertz CT molecular complexity index is 509. The minimum absolute atomic E-state index is 0.381. The summed E-state index contributed by atoms with van der Waals surface area (Å²) in [6.45, 7) is 10.1. The Balaban J connectivity index is 2.06. The summed E-state index contributed by atoms with van der Waals surface area (Å²) >= 11 is 0. The van der Waals surface area contributed by atoms with Gasteiger partial charge in [0.2, 0.25) is 0 Å². The molecule has 2 heterocycles. The molecule has 2 aromatic heterocycles. The Morgan fingerprint density at radius 2 is 2.17 bits per heavy atom. The standard InChI is InChI=1S/C13H21N5/c1-5-17-9-11(4)13(16-17)14-8-12-6-7-15-18(12)10(2)3/h6-7,9-10H,5,8H2,1-4H3,(H,14,16). The maximum atomic E-state index is 4.48. The summed E-state index contributed by atoms with van der Waals surface area (Å²) < 4.78 is 3.97. The number of aromatic nitrogens is 4. The molecule has 0 saturated heterocycles. The van der Waals surface area contributed by atoms with E-state index in [4.69, 9.17) is 0 Å². The molecule has 0 amide bonds. The van der Waals surface area contributed by atoms with Crippen molar-refractivity contribution < 1.29 is 0 Å². The quantitative estimate of drug-likeness (QED) is 0.883. The van der Waals surface area contributed by atoms with E-state index in [9.17, 15) is 0 Å². The molecule has 0 atom stereocenters. The fourth-order valence-electron chi connectivity index (χ4n) is 1.98. The topological polar surface area (TPSA) is 47.7 Å². The minimum atomic E-state index is 0.381. The van der Waals surface area contributed by atoms with Gasteiger partial charge in [-0.25, -0.2) is 0 Å². The van der Waals surface area contributed by atoms with Gasteiger partial charge in [-0.2, -0.15) is 10.2 Å². The fraction of sp³-hybridized carbons (Fsp3) is 0.538. The van der Waals surface area contributed by atoms with Crippen LogP contribution in [0.1, 0.15) is 38.1 Å². The monoisotopic (exact) mass is 247 g/mol. The molecule has 0 unspecified atom stereocenters. The zero-order chi connectivity index (χ0) is 13.1. The van der Waals surface area contributed by atoms with Crippen LogP contribution in [-0.2, 0) is 13.1 Å². The van der Waals surface area contributed by atoms with Crippen LogP contribution in [-0.4, -0.2) is 19.6 Å². The molecule has 0 aliphatic carbocycles. The molecular formula is C13H21N5. The summed E-state index contributed by atoms with van der Waals surface area (Å²) in [7, 11) is 0. The normalized spacial score (nSPS) is 11.2. The third-order valence-corrected chi connectivity index (χ3v) is 2.95. The van der Waals surface area contributed by atoms with E-state index in [0.29, 0.717) is 6.04 Å². The number of nitrogens with zero attached hydrogens (tertiary/aromatic N) is 4. The lowest BCUT2D eigenvalue weighted by molar-refractivity contribution is 0.512. The lowest BCUT2D eigenvalue weighted by Crippen LogP contribution is -2.11. The molecule has 2 aromatic rings. The SMILES string of the molecule is CCn1cc(C)c(NCc2ccnn2C(C)C)n1. The van der Waals surface area contributed by atoms with Crippen molar-refractivity contribution in [1.29, 1.82) is 0 Å². The van der Waals surface area contributed by atoms with Gasteiger partial charge in [0.25, 0.3) is 0 Å². The van der Waals surface area contributed by atoms with Gasteiger partial charge in [0.15, 0.2) is 5.82 Å². The minimum Gasteiger partial charge on any atom is -0.363 e. The van der Waals surface area contributed by atoms with Gasteiger partial charge in [-0.05, 0) is 33.8 Å². The van der Waals surface area contributed by atoms with E-state index in [2.05, 4.69) is 49.4 Å². The van der Waals surface area contributed by atoms with Gasteiger partial charge in [0.05, 0.1) is 12.2 Å². The number of hydrogen-bond donors (Lipinski definition) is 1. The van der Waals surface area contributed by atoms with Gasteiger partial charge in [-0.1, -0.05) is 0 Å². The molecule has 0 fully saturated rings. The first-order valence-corrected chi connectivity index (χ1v) is 6.42. The van der Waals surface area contributed by atoms with E-state index in [-0.39, 0.29) is 0 Å². The van der Waals surface area contributed by atoms with Gasteiger partial charge < -0.3 is 5.32 Å². The van der Waals surface area contributed by atoms with Crippen molar-refractivity contribution in [2.75, 3.05) is 5.32 Å². The molecule has 5 heteroatoms. The second-order valence-electron chi connectivity index (χ2n) is 4.73. The first-order chi connectivity index (χ1) is 8.61. The van der Waals surface area contributed by atoms with Crippen molar-refractivity contribution in [2.45, 2.75) is 46.8 Å². The smallest absolute Gasteiger partial charge is 0.151 e. The first-order valence-electron chi connectivity index (χ1n) is 6.42. The highest BCUT2D eigenvalue weighted by Crippen LogP contribution is 2.14. The van der Waals surface area contributed by atoms with E-state index in [0.717, 1.165) is 18.9 Å². The molecule has 1 N–H and O–H groups in total. The van der Waals surface area contributed by atoms with Crippen molar-refractivity contribution in [2.24, 2.45) is 0 Å². The van der Waals surface area contributed by atoms with Crippen LogP contribution < -0.4 is 5.32 Å². The number of nitrogens with one attached hydrogen (secondary N) is 1. The van der Waals surface area contributed by atoms with Crippen LogP contribution in [0.2, 0.25) is 0 Å². The second kappa shape index (κ2) is 5.25. The fourth-order valence-corrected chi connectivity index (χ4v) is 1.98. The predicted molar refractivity (Wildman–Crippen MR) is 72.6 cm³/mol. The van der Waals surface area contributed by atoms with Gasteiger partial charge in [0, 0.05) is 30.5 Å². The molecular weight excluding hydrogens is 226 g/mol. The molecule has 18 heavy (non-hydrogen) atoms. The lowest BCUT2D eigenvalue weighted by atomic mass is 10.3. The predicted octanol–water partition coefficient (Wildman–Crippen LogP) is 2.60. The highest BCUT2D eigenvalue weighted by molar-refractivity contribution is 5.42. The molecule has 0 radical (unpaired) electrons. The molecule has 98 valence electrons. The largest absolute Gasteiger partial charge is 0.363 e. The number of anilines is 1. The Morgan fingerprint density at radius 1 is 1.39 bits per heavy atom. The highest BCUT2D eigenvalue weighted by atomic mass is 15.3. The van der Waals surface area contributed by atoms with E-state index in [1.54, 1.807) is 0 Å². The lowest BCUT2D eigenvalue weighted by Gasteiger charge is -2.11. The zero-order valence-electron chi connectivity index (χ0n) is 11.5. The van der Waals surface area contributed by atoms with E-state index >= 15 is 0 Å². The molecule has 5 nitrogen and oxygen atoms in total. The van der Waals surface area contributed by atoms with Gasteiger partial charge in [-0.15, -0.1) is 0 Å². The maximum absolute atomic E-state index is 4.48. The summed E-state index contributed by atoms with van der Waals surface area (Å²) in [6.07, 6.45) is 3.90. The van der Waals surface area contributed by atoms with Crippen molar-refractivity contribution in [3.05, 3.63) is 29.7 Å². The van der Waals surface area contributed by atoms with Crippen molar-refractivity contribution >= 4 is 5.82 Å². The van der Waals surface area contributed by atoms with Crippen LogP contribution >= 0.6 is 0 Å². The summed E-state index contributed by atoms with van der Waals surface area (Å²) in [4.78, 5) is 0. The van der Waals surface area contributed by atoms with Gasteiger partial charge in [-0.3, -0.25) is 9.36 Å². The number of hydrogen-bond acceptors (Lipinski definition) is 3. The molecule has 0 aliphatic heterocycles. The third kappa shape index (κ3) is 2.55. The molecule has 0 aromatic carbocycles. The van der Waals surface area contributed by atoms with E-state index in [1.807, 2.05) is 21.6 Å². The molecule has 0 spiro atoms. The molecule has 0 aliphatic rings. The van der Waals surface area contributed by atoms with E-state index in [1.165, 1.54) is 11.3 Å². The van der Waals surface area contributed by atoms with Crippen LogP contribution in [0.4, 0.5) is 5.82 Å². The zero-order valence-corrected chi connectivity index (χ0v) is 11.5. The third-order valence-electron chi connectivity index (χ3n) is 2.95. The number of aryl methyl sites for hydroxylation is 2. The van der Waals surface area contributed by atoms with Crippen molar-refractivity contribution in [1.82, 2.24) is 19.6 Å². The summed E-state index contributed by atoms with van der Waals surface area (Å²) in [5.74, 6) is 0.952. The Morgan fingerprint density at radius 3 is 2.78 bits per heavy atom. The summed E-state index contributed by atoms with van der Waals surface area (Å²) in [5, 5.41) is 12.2. The van der Waals surface area contributed by atoms with Crippen LogP contribution in [0.15, 0.2) is 18.5 Å². The van der Waals surface area contributed by atoms with Crippen LogP contribution in [0.3, 0.4) is 0 Å². The average Bonchev–Trinajstić information content (AvgIpc) is 2.92. The maximum Gasteiger partial charge on any atom is 0.151 e. The van der Waals surface area contributed by atoms with Gasteiger partial charge >= 0.3 is 0 Å². The van der Waals surface area contributed by atoms with Crippen LogP contribution in [0.5, 0.6) is 0 Å². The van der Waals surface area contributed by atoms with Gasteiger partial charge in [0.1, 0.15) is 0 Å². The Kier molecular flexibility index (Phi) is 3.69. The second-order valence-corrected chi connectivity index (χ2v) is 4.73. The van der Waals surface area contributed by atoms with Crippen LogP contribution in [0, 0.1) is 6.92 Å². The summed E-state index contributed by atoms with van der Waals surface area (Å²) in [6, 6.07) is 2.42. The Hall–Kier alpha value is -1.78. The molecule has 0 bridgehead atoms. The average molecular weight is 247 g/mol. The van der Waals surface area contributed by atoms with E-state index < -0.39 is 0 Å².